The minimum absolute atomic E-state index is 0.0975. The van der Waals surface area contributed by atoms with Gasteiger partial charge in [0.15, 0.2) is 5.41 Å². The van der Waals surface area contributed by atoms with Crippen molar-refractivity contribution in [3.05, 3.63) is 52.5 Å². The average Bonchev–Trinajstić information content (AvgIpc) is 2.99. The van der Waals surface area contributed by atoms with Gasteiger partial charge in [-0.2, -0.15) is 0 Å². The summed E-state index contributed by atoms with van der Waals surface area (Å²) in [5.41, 5.74) is 4.98. The van der Waals surface area contributed by atoms with Gasteiger partial charge in [-0.25, -0.2) is 10.2 Å². The molecule has 1 aliphatic rings. The fraction of sp³-hybridized carbons (Fsp3) is 0.286. The number of anilines is 2. The smallest absolute Gasteiger partial charge is 0.425 e. The van der Waals surface area contributed by atoms with E-state index in [9.17, 15) is 14.4 Å². The SMILES string of the molecule is CCOC(=O)[C@@]1(c2ccc(NNC(=O)OC)c(OC)c2)C(=O)N(C)c2cc(Cl)ccc21. The Morgan fingerprint density at radius 2 is 1.90 bits per heavy atom. The Labute approximate surface area is 184 Å². The number of rotatable bonds is 6. The summed E-state index contributed by atoms with van der Waals surface area (Å²) in [7, 11) is 4.23. The first-order chi connectivity index (χ1) is 14.8. The molecule has 1 heterocycles. The first kappa shape index (κ1) is 22.2. The molecule has 2 amide bonds. The van der Waals surface area contributed by atoms with Crippen LogP contribution in [0, 0.1) is 0 Å². The number of benzene rings is 2. The highest BCUT2D eigenvalue weighted by Gasteiger charge is 2.58. The Morgan fingerprint density at radius 3 is 2.55 bits per heavy atom. The van der Waals surface area contributed by atoms with Crippen molar-refractivity contribution < 1.29 is 28.6 Å². The van der Waals surface area contributed by atoms with Gasteiger partial charge in [0, 0.05) is 17.6 Å². The molecule has 2 aromatic carbocycles. The highest BCUT2D eigenvalue weighted by atomic mass is 35.5. The number of hydrazine groups is 1. The number of halogens is 1. The van der Waals surface area contributed by atoms with E-state index in [1.807, 2.05) is 0 Å². The maximum atomic E-state index is 13.5. The molecule has 0 aliphatic carbocycles. The predicted molar refractivity (Wildman–Crippen MR) is 114 cm³/mol. The van der Waals surface area contributed by atoms with Crippen LogP contribution < -0.4 is 20.5 Å². The molecule has 0 fully saturated rings. The molecular formula is C21H22ClN3O6. The molecule has 0 unspecified atom stereocenters. The van der Waals surface area contributed by atoms with Gasteiger partial charge in [0.2, 0.25) is 0 Å². The van der Waals surface area contributed by atoms with Crippen molar-refractivity contribution in [1.82, 2.24) is 5.43 Å². The highest BCUT2D eigenvalue weighted by Crippen LogP contribution is 2.48. The van der Waals surface area contributed by atoms with Gasteiger partial charge in [0.25, 0.3) is 5.91 Å². The van der Waals surface area contributed by atoms with Crippen LogP contribution in [0.3, 0.4) is 0 Å². The van der Waals surface area contributed by atoms with Gasteiger partial charge in [-0.3, -0.25) is 15.0 Å². The second kappa shape index (κ2) is 8.73. The standard InChI is InChI=1S/C21H22ClN3O6/c1-5-31-19(27)21(14-8-7-13(22)11-16(14)25(2)18(21)26)12-6-9-15(17(10-12)29-3)23-24-20(28)30-4/h6-11,23H,5H2,1-4H3,(H,24,28)/t21-/m1/s1. The van der Waals surface area contributed by atoms with Crippen LogP contribution in [0.25, 0.3) is 0 Å². The number of hydrogen-bond donors (Lipinski definition) is 2. The van der Waals surface area contributed by atoms with Gasteiger partial charge in [-0.1, -0.05) is 23.7 Å². The van der Waals surface area contributed by atoms with E-state index in [1.165, 1.54) is 19.1 Å². The molecule has 3 rings (SSSR count). The third-order valence-electron chi connectivity index (χ3n) is 5.05. The lowest BCUT2D eigenvalue weighted by molar-refractivity contribution is -0.151. The van der Waals surface area contributed by atoms with Gasteiger partial charge in [-0.05, 0) is 36.8 Å². The molecule has 0 radical (unpaired) electrons. The zero-order chi connectivity index (χ0) is 22.8. The summed E-state index contributed by atoms with van der Waals surface area (Å²) < 4.78 is 15.3. The Bertz CT molecular complexity index is 1040. The van der Waals surface area contributed by atoms with Crippen LogP contribution in [0.1, 0.15) is 18.1 Å². The molecular weight excluding hydrogens is 426 g/mol. The molecule has 9 nitrogen and oxygen atoms in total. The van der Waals surface area contributed by atoms with Gasteiger partial charge in [-0.15, -0.1) is 0 Å². The highest BCUT2D eigenvalue weighted by molar-refractivity contribution is 6.31. The van der Waals surface area contributed by atoms with E-state index in [1.54, 1.807) is 50.4 Å². The molecule has 0 spiro atoms. The molecule has 31 heavy (non-hydrogen) atoms. The van der Waals surface area contributed by atoms with Crippen molar-refractivity contribution in [3.63, 3.8) is 0 Å². The van der Waals surface area contributed by atoms with Crippen LogP contribution in [-0.4, -0.2) is 45.8 Å². The van der Waals surface area contributed by atoms with Crippen molar-refractivity contribution in [2.45, 2.75) is 12.3 Å². The summed E-state index contributed by atoms with van der Waals surface area (Å²) in [5, 5.41) is 0.434. The lowest BCUT2D eigenvalue weighted by atomic mass is 9.75. The van der Waals surface area contributed by atoms with E-state index in [0.717, 1.165) is 0 Å². The fourth-order valence-corrected chi connectivity index (χ4v) is 3.77. The molecule has 10 heteroatoms. The number of hydrogen-bond acceptors (Lipinski definition) is 7. The van der Waals surface area contributed by atoms with Gasteiger partial charge < -0.3 is 19.1 Å². The second-order valence-electron chi connectivity index (χ2n) is 6.65. The lowest BCUT2D eigenvalue weighted by Crippen LogP contribution is -2.47. The third kappa shape index (κ3) is 3.61. The molecule has 0 saturated carbocycles. The Balaban J connectivity index is 2.19. The summed E-state index contributed by atoms with van der Waals surface area (Å²) in [6.45, 7) is 1.77. The molecule has 0 saturated heterocycles. The van der Waals surface area contributed by atoms with E-state index in [-0.39, 0.29) is 12.4 Å². The largest absolute Gasteiger partial charge is 0.495 e. The fourth-order valence-electron chi connectivity index (χ4n) is 3.61. The van der Waals surface area contributed by atoms with Crippen LogP contribution in [0.4, 0.5) is 16.2 Å². The van der Waals surface area contributed by atoms with Crippen molar-refractivity contribution in [2.75, 3.05) is 38.2 Å². The molecule has 0 aromatic heterocycles. The molecule has 2 aromatic rings. The van der Waals surface area contributed by atoms with E-state index in [4.69, 9.17) is 21.1 Å². The van der Waals surface area contributed by atoms with Gasteiger partial charge in [0.05, 0.1) is 32.2 Å². The van der Waals surface area contributed by atoms with Crippen molar-refractivity contribution >= 4 is 40.9 Å². The summed E-state index contributed by atoms with van der Waals surface area (Å²) in [6, 6.07) is 9.61. The number of ether oxygens (including phenoxy) is 3. The summed E-state index contributed by atoms with van der Waals surface area (Å²) in [5.74, 6) is -0.891. The van der Waals surface area contributed by atoms with Crippen LogP contribution >= 0.6 is 11.6 Å². The second-order valence-corrected chi connectivity index (χ2v) is 7.09. The number of esters is 1. The number of nitrogens with zero attached hydrogens (tertiary/aromatic N) is 1. The van der Waals surface area contributed by atoms with Crippen LogP contribution in [0.2, 0.25) is 5.02 Å². The van der Waals surface area contributed by atoms with Crippen molar-refractivity contribution in [2.24, 2.45) is 0 Å². The number of carbonyl (C=O) groups excluding carboxylic acids is 3. The minimum Gasteiger partial charge on any atom is -0.495 e. The predicted octanol–water partition coefficient (Wildman–Crippen LogP) is 2.86. The summed E-state index contributed by atoms with van der Waals surface area (Å²) >= 11 is 6.13. The van der Waals surface area contributed by atoms with Crippen LogP contribution in [0.5, 0.6) is 5.75 Å². The number of nitrogens with one attached hydrogen (secondary N) is 2. The summed E-state index contributed by atoms with van der Waals surface area (Å²) in [4.78, 5) is 39.5. The van der Waals surface area contributed by atoms with Gasteiger partial charge in [0.1, 0.15) is 5.75 Å². The van der Waals surface area contributed by atoms with E-state index < -0.39 is 23.4 Å². The Kier molecular flexibility index (Phi) is 6.26. The third-order valence-corrected chi connectivity index (χ3v) is 5.29. The van der Waals surface area contributed by atoms with Crippen LogP contribution in [-0.2, 0) is 24.5 Å². The number of carbonyl (C=O) groups is 3. The number of likely N-dealkylation sites (N-methyl/N-ethyl adjacent to an activating group) is 1. The van der Waals surface area contributed by atoms with E-state index >= 15 is 0 Å². The normalized spacial score (nSPS) is 17.1. The van der Waals surface area contributed by atoms with E-state index in [0.29, 0.717) is 27.5 Å². The first-order valence-corrected chi connectivity index (χ1v) is 9.72. The monoisotopic (exact) mass is 447 g/mol. The van der Waals surface area contributed by atoms with Gasteiger partial charge >= 0.3 is 12.1 Å². The van der Waals surface area contributed by atoms with Crippen molar-refractivity contribution in [3.8, 4) is 5.75 Å². The maximum absolute atomic E-state index is 13.5. The Morgan fingerprint density at radius 1 is 1.16 bits per heavy atom. The quantitative estimate of drug-likeness (QED) is 0.398. The topological polar surface area (TPSA) is 106 Å². The molecule has 164 valence electrons. The Hall–Kier alpha value is -3.46. The number of fused-ring (bicyclic) bond motifs is 1. The first-order valence-electron chi connectivity index (χ1n) is 9.35. The number of methoxy groups -OCH3 is 2. The summed E-state index contributed by atoms with van der Waals surface area (Å²) in [6.07, 6.45) is -0.701. The average molecular weight is 448 g/mol. The molecule has 2 N–H and O–H groups in total. The lowest BCUT2D eigenvalue weighted by Gasteiger charge is -2.27. The molecule has 0 bridgehead atoms. The maximum Gasteiger partial charge on any atom is 0.425 e. The zero-order valence-electron chi connectivity index (χ0n) is 17.4. The zero-order valence-corrected chi connectivity index (χ0v) is 18.2. The molecule has 1 aliphatic heterocycles. The van der Waals surface area contributed by atoms with E-state index in [2.05, 4.69) is 15.6 Å². The van der Waals surface area contributed by atoms with Crippen LogP contribution in [0.15, 0.2) is 36.4 Å². The van der Waals surface area contributed by atoms with Crippen molar-refractivity contribution in [1.29, 1.82) is 0 Å². The number of amides is 2. The minimum atomic E-state index is -1.73. The molecule has 1 atom stereocenters.